The van der Waals surface area contributed by atoms with E-state index >= 15 is 0 Å². The molecule has 2 amide bonds. The number of amides is 2. The van der Waals surface area contributed by atoms with Gasteiger partial charge in [-0.15, -0.1) is 0 Å². The highest BCUT2D eigenvalue weighted by Crippen LogP contribution is 2.17. The fraction of sp³-hybridized carbons (Fsp3) is 0.263. The van der Waals surface area contributed by atoms with E-state index in [0.717, 1.165) is 17.7 Å². The Bertz CT molecular complexity index is 714. The first-order valence-corrected chi connectivity index (χ1v) is 8.16. The molecule has 0 fully saturated rings. The van der Waals surface area contributed by atoms with Crippen molar-refractivity contribution in [2.24, 2.45) is 0 Å². The van der Waals surface area contributed by atoms with Gasteiger partial charge in [0.05, 0.1) is 12.2 Å². The van der Waals surface area contributed by atoms with E-state index in [2.05, 4.69) is 10.6 Å². The molecule has 25 heavy (non-hydrogen) atoms. The second kappa shape index (κ2) is 9.32. The van der Waals surface area contributed by atoms with Crippen LogP contribution >= 0.6 is 0 Å². The number of nitrogens with one attached hydrogen (secondary N) is 2. The van der Waals surface area contributed by atoms with Crippen molar-refractivity contribution in [2.75, 3.05) is 18.7 Å². The highest BCUT2D eigenvalue weighted by atomic mass is 16.5. The zero-order valence-electron chi connectivity index (χ0n) is 14.4. The molecule has 2 aromatic rings. The maximum absolute atomic E-state index is 11.9. The topological polar surface area (TPSA) is 76.7 Å². The van der Waals surface area contributed by atoms with Crippen LogP contribution in [0.5, 0.6) is 5.75 Å². The van der Waals surface area contributed by atoms with Gasteiger partial charge in [-0.25, -0.2) is 9.59 Å². The van der Waals surface area contributed by atoms with Crippen LogP contribution in [0.25, 0.3) is 0 Å². The van der Waals surface area contributed by atoms with E-state index in [9.17, 15) is 9.59 Å². The molecule has 0 saturated heterocycles. The predicted octanol–water partition coefficient (Wildman–Crippen LogP) is 3.58. The molecule has 2 rings (SSSR count). The van der Waals surface area contributed by atoms with E-state index in [1.165, 1.54) is 0 Å². The van der Waals surface area contributed by atoms with Crippen LogP contribution in [-0.4, -0.2) is 25.3 Å². The van der Waals surface area contributed by atoms with E-state index < -0.39 is 6.03 Å². The number of rotatable bonds is 7. The normalized spacial score (nSPS) is 10.0. The standard InChI is InChI=1S/C19H22N2O4/c1-3-14-7-5-6-8-17(14)25-13-20-19(23)21-16-11-9-15(10-12-16)18(22)24-4-2/h5-12H,3-4,13H2,1-2H3,(H2,20,21,23). The van der Waals surface area contributed by atoms with Gasteiger partial charge in [0, 0.05) is 5.69 Å². The number of para-hydroxylation sites is 1. The van der Waals surface area contributed by atoms with E-state index in [1.807, 2.05) is 31.2 Å². The van der Waals surface area contributed by atoms with Gasteiger partial charge in [0.2, 0.25) is 0 Å². The number of benzene rings is 2. The summed E-state index contributed by atoms with van der Waals surface area (Å²) >= 11 is 0. The Balaban J connectivity index is 1.81. The molecule has 6 nitrogen and oxygen atoms in total. The van der Waals surface area contributed by atoms with Crippen LogP contribution in [0.1, 0.15) is 29.8 Å². The third kappa shape index (κ3) is 5.53. The summed E-state index contributed by atoms with van der Waals surface area (Å²) in [6.45, 7) is 4.17. The van der Waals surface area contributed by atoms with E-state index in [0.29, 0.717) is 17.9 Å². The van der Waals surface area contributed by atoms with Crippen molar-refractivity contribution in [1.82, 2.24) is 5.32 Å². The van der Waals surface area contributed by atoms with Gasteiger partial charge in [0.25, 0.3) is 0 Å². The molecule has 0 aliphatic heterocycles. The molecule has 0 saturated carbocycles. The number of ether oxygens (including phenoxy) is 2. The number of hydrogen-bond donors (Lipinski definition) is 2. The molecule has 0 atom stereocenters. The number of urea groups is 1. The van der Waals surface area contributed by atoms with Gasteiger partial charge in [-0.3, -0.25) is 0 Å². The minimum atomic E-state index is -0.391. The molecule has 0 aliphatic carbocycles. The second-order valence-electron chi connectivity index (χ2n) is 5.18. The zero-order valence-corrected chi connectivity index (χ0v) is 14.4. The summed E-state index contributed by atoms with van der Waals surface area (Å²) in [5.74, 6) is 0.366. The lowest BCUT2D eigenvalue weighted by Crippen LogP contribution is -2.32. The highest BCUT2D eigenvalue weighted by Gasteiger charge is 2.07. The number of esters is 1. The van der Waals surface area contributed by atoms with Crippen LogP contribution in [0.15, 0.2) is 48.5 Å². The number of carbonyl (C=O) groups is 2. The smallest absolute Gasteiger partial charge is 0.338 e. The van der Waals surface area contributed by atoms with E-state index in [-0.39, 0.29) is 12.7 Å². The third-order valence-corrected chi connectivity index (χ3v) is 3.47. The number of hydrogen-bond acceptors (Lipinski definition) is 4. The zero-order chi connectivity index (χ0) is 18.1. The molecule has 0 radical (unpaired) electrons. The summed E-state index contributed by atoms with van der Waals surface area (Å²) in [6, 6.07) is 13.8. The number of anilines is 1. The van der Waals surface area contributed by atoms with Crippen molar-refractivity contribution in [3.8, 4) is 5.75 Å². The summed E-state index contributed by atoms with van der Waals surface area (Å²) in [6.07, 6.45) is 0.856. The van der Waals surface area contributed by atoms with Gasteiger partial charge in [0.1, 0.15) is 5.75 Å². The van der Waals surface area contributed by atoms with Crippen LogP contribution < -0.4 is 15.4 Å². The molecule has 2 N–H and O–H groups in total. The average molecular weight is 342 g/mol. The van der Waals surface area contributed by atoms with Gasteiger partial charge in [-0.2, -0.15) is 0 Å². The molecule has 0 heterocycles. The Hall–Kier alpha value is -3.02. The van der Waals surface area contributed by atoms with Gasteiger partial charge in [-0.1, -0.05) is 25.1 Å². The van der Waals surface area contributed by atoms with Crippen molar-refractivity contribution in [3.05, 3.63) is 59.7 Å². The van der Waals surface area contributed by atoms with Gasteiger partial charge in [-0.05, 0) is 49.2 Å². The lowest BCUT2D eigenvalue weighted by molar-refractivity contribution is 0.0526. The van der Waals surface area contributed by atoms with E-state index in [1.54, 1.807) is 31.2 Å². The molecular formula is C19H22N2O4. The molecule has 2 aromatic carbocycles. The molecule has 6 heteroatoms. The first-order valence-electron chi connectivity index (χ1n) is 8.16. The third-order valence-electron chi connectivity index (χ3n) is 3.47. The second-order valence-corrected chi connectivity index (χ2v) is 5.18. The van der Waals surface area contributed by atoms with Crippen LogP contribution in [0.4, 0.5) is 10.5 Å². The minimum absolute atomic E-state index is 0.0593. The van der Waals surface area contributed by atoms with Gasteiger partial charge >= 0.3 is 12.0 Å². The molecule has 0 bridgehead atoms. The lowest BCUT2D eigenvalue weighted by atomic mass is 10.1. The Labute approximate surface area is 147 Å². The molecular weight excluding hydrogens is 320 g/mol. The number of carbonyl (C=O) groups excluding carboxylic acids is 2. The fourth-order valence-corrected chi connectivity index (χ4v) is 2.20. The monoisotopic (exact) mass is 342 g/mol. The maximum atomic E-state index is 11.9. The van der Waals surface area contributed by atoms with Crippen LogP contribution in [0, 0.1) is 0 Å². The average Bonchev–Trinajstić information content (AvgIpc) is 2.63. The number of aryl methyl sites for hydroxylation is 1. The van der Waals surface area contributed by atoms with Crippen LogP contribution in [0.2, 0.25) is 0 Å². The Morgan fingerprint density at radius 3 is 2.40 bits per heavy atom. The SMILES string of the molecule is CCOC(=O)c1ccc(NC(=O)NCOc2ccccc2CC)cc1. The summed E-state index contributed by atoms with van der Waals surface area (Å²) in [7, 11) is 0. The van der Waals surface area contributed by atoms with Crippen LogP contribution in [0.3, 0.4) is 0 Å². The molecule has 0 unspecified atom stereocenters. The van der Waals surface area contributed by atoms with Crippen molar-refractivity contribution < 1.29 is 19.1 Å². The van der Waals surface area contributed by atoms with Crippen molar-refractivity contribution >= 4 is 17.7 Å². The Morgan fingerprint density at radius 2 is 1.72 bits per heavy atom. The summed E-state index contributed by atoms with van der Waals surface area (Å²) in [5.41, 5.74) is 2.09. The van der Waals surface area contributed by atoms with Gasteiger partial charge < -0.3 is 20.1 Å². The molecule has 0 aromatic heterocycles. The van der Waals surface area contributed by atoms with E-state index in [4.69, 9.17) is 9.47 Å². The van der Waals surface area contributed by atoms with Crippen molar-refractivity contribution in [1.29, 1.82) is 0 Å². The molecule has 0 spiro atoms. The summed E-state index contributed by atoms with van der Waals surface area (Å²) < 4.78 is 10.5. The molecule has 0 aliphatic rings. The van der Waals surface area contributed by atoms with Crippen molar-refractivity contribution in [3.63, 3.8) is 0 Å². The van der Waals surface area contributed by atoms with Crippen molar-refractivity contribution in [2.45, 2.75) is 20.3 Å². The largest absolute Gasteiger partial charge is 0.473 e. The Morgan fingerprint density at radius 1 is 1.00 bits per heavy atom. The van der Waals surface area contributed by atoms with Crippen LogP contribution in [-0.2, 0) is 11.2 Å². The lowest BCUT2D eigenvalue weighted by Gasteiger charge is -2.12. The summed E-state index contributed by atoms with van der Waals surface area (Å²) in [5, 5.41) is 5.30. The first-order chi connectivity index (χ1) is 12.1. The molecule has 132 valence electrons. The summed E-state index contributed by atoms with van der Waals surface area (Å²) in [4.78, 5) is 23.5. The highest BCUT2D eigenvalue weighted by molar-refractivity contribution is 5.92. The quantitative estimate of drug-likeness (QED) is 0.595. The fourth-order valence-electron chi connectivity index (χ4n) is 2.20. The minimum Gasteiger partial charge on any atom is -0.473 e. The van der Waals surface area contributed by atoms with Gasteiger partial charge in [0.15, 0.2) is 6.73 Å². The predicted molar refractivity (Wildman–Crippen MR) is 95.9 cm³/mol. The first kappa shape index (κ1) is 18.3. The Kier molecular flexibility index (Phi) is 6.83. The maximum Gasteiger partial charge on any atom is 0.338 e.